The van der Waals surface area contributed by atoms with Crippen molar-refractivity contribution in [1.29, 1.82) is 0 Å². The number of aromatic nitrogens is 3. The molecule has 6 aromatic carbocycles. The molecular weight excluding hydrogens is 516 g/mol. The molecule has 2 heterocycles. The third kappa shape index (κ3) is 4.25. The largest absolute Gasteiger partial charge is 0.454 e. The van der Waals surface area contributed by atoms with Gasteiger partial charge in [0, 0.05) is 33.3 Å². The van der Waals surface area contributed by atoms with Crippen LogP contribution in [-0.4, -0.2) is 15.0 Å². The van der Waals surface area contributed by atoms with Gasteiger partial charge in [0.2, 0.25) is 0 Å². The van der Waals surface area contributed by atoms with Crippen LogP contribution in [-0.2, 0) is 0 Å². The van der Waals surface area contributed by atoms with Gasteiger partial charge in [-0.3, -0.25) is 0 Å². The Bertz CT molecular complexity index is 2030. The Hall–Kier alpha value is -5.81. The van der Waals surface area contributed by atoms with Crippen LogP contribution in [0.5, 0.6) is 11.5 Å². The van der Waals surface area contributed by atoms with Gasteiger partial charge in [-0.25, -0.2) is 15.0 Å². The lowest BCUT2D eigenvalue weighted by molar-refractivity contribution is 0.491. The maximum atomic E-state index is 6.72. The average molecular weight is 541 g/mol. The second-order valence-corrected chi connectivity index (χ2v) is 10.2. The second-order valence-electron chi connectivity index (χ2n) is 10.2. The normalized spacial score (nSPS) is 11.7. The smallest absolute Gasteiger partial charge is 0.164 e. The van der Waals surface area contributed by atoms with Gasteiger partial charge in [-0.2, -0.15) is 0 Å². The van der Waals surface area contributed by atoms with E-state index in [4.69, 9.17) is 19.7 Å². The van der Waals surface area contributed by atoms with Crippen LogP contribution in [0.25, 0.3) is 56.1 Å². The summed E-state index contributed by atoms with van der Waals surface area (Å²) in [4.78, 5) is 14.8. The Kier molecular flexibility index (Phi) is 5.71. The van der Waals surface area contributed by atoms with Crippen LogP contribution in [0.15, 0.2) is 140 Å². The molecule has 5 nitrogen and oxygen atoms in total. The Morgan fingerprint density at radius 1 is 0.429 bits per heavy atom. The minimum absolute atomic E-state index is 0.585. The molecule has 0 aliphatic carbocycles. The van der Waals surface area contributed by atoms with Gasteiger partial charge in [0.15, 0.2) is 23.2 Å². The first kappa shape index (κ1) is 24.0. The fraction of sp³-hybridized carbons (Fsp3) is 0. The number of rotatable bonds is 3. The van der Waals surface area contributed by atoms with Crippen LogP contribution in [0, 0.1) is 0 Å². The molecule has 0 bridgehead atoms. The standard InChI is InChI=1S/C37H24N4O/c1-3-12-24(13-4-1)35-39-36(25-14-5-2-6-15-25)41-37(40-35)27-22-26-16-11-18-29-28-17-7-8-19-30(28)38-31-20-9-10-21-32(31)42-33(23-27)34(26)29/h1-23,38H. The monoisotopic (exact) mass is 540 g/mol. The summed E-state index contributed by atoms with van der Waals surface area (Å²) in [6, 6.07) is 47.0. The fourth-order valence-electron chi connectivity index (χ4n) is 5.51. The van der Waals surface area contributed by atoms with E-state index in [1.807, 2.05) is 91.0 Å². The van der Waals surface area contributed by atoms with Crippen LogP contribution in [0.1, 0.15) is 0 Å². The van der Waals surface area contributed by atoms with Gasteiger partial charge in [0.25, 0.3) is 0 Å². The molecular formula is C37H24N4O. The van der Waals surface area contributed by atoms with Crippen molar-refractivity contribution < 1.29 is 4.74 Å². The summed E-state index contributed by atoms with van der Waals surface area (Å²) in [6.07, 6.45) is 0. The molecule has 1 aliphatic heterocycles. The lowest BCUT2D eigenvalue weighted by Crippen LogP contribution is -2.00. The molecule has 7 aromatic rings. The van der Waals surface area contributed by atoms with Gasteiger partial charge in [-0.15, -0.1) is 0 Å². The highest BCUT2D eigenvalue weighted by Crippen LogP contribution is 2.46. The third-order valence-corrected chi connectivity index (χ3v) is 7.49. The number of hydrogen-bond donors (Lipinski definition) is 1. The van der Waals surface area contributed by atoms with Gasteiger partial charge in [-0.1, -0.05) is 109 Å². The molecule has 8 rings (SSSR count). The first-order valence-corrected chi connectivity index (χ1v) is 13.9. The number of benzene rings is 6. The molecule has 1 N–H and O–H groups in total. The predicted octanol–water partition coefficient (Wildman–Crippen LogP) is 9.54. The number of nitrogens with zero attached hydrogens (tertiary/aromatic N) is 3. The highest BCUT2D eigenvalue weighted by Gasteiger charge is 2.20. The van der Waals surface area contributed by atoms with E-state index in [-0.39, 0.29) is 0 Å². The van der Waals surface area contributed by atoms with Crippen LogP contribution in [0.2, 0.25) is 0 Å². The van der Waals surface area contributed by atoms with E-state index in [2.05, 4.69) is 53.8 Å². The summed E-state index contributed by atoms with van der Waals surface area (Å²) in [6.45, 7) is 0. The number of ether oxygens (including phenoxy) is 1. The van der Waals surface area contributed by atoms with Gasteiger partial charge < -0.3 is 10.1 Å². The number of para-hydroxylation sites is 3. The Morgan fingerprint density at radius 2 is 1.00 bits per heavy atom. The quantitative estimate of drug-likeness (QED) is 0.242. The van der Waals surface area contributed by atoms with E-state index in [1.54, 1.807) is 0 Å². The molecule has 0 fully saturated rings. The average Bonchev–Trinajstić information content (AvgIpc) is 3.11. The maximum Gasteiger partial charge on any atom is 0.164 e. The molecule has 0 radical (unpaired) electrons. The summed E-state index contributed by atoms with van der Waals surface area (Å²) >= 11 is 0. The van der Waals surface area contributed by atoms with Crippen molar-refractivity contribution in [2.24, 2.45) is 0 Å². The first-order chi connectivity index (χ1) is 20.8. The molecule has 0 saturated carbocycles. The molecule has 0 unspecified atom stereocenters. The molecule has 42 heavy (non-hydrogen) atoms. The van der Waals surface area contributed by atoms with Crippen molar-refractivity contribution >= 4 is 22.1 Å². The molecule has 1 aromatic heterocycles. The molecule has 0 spiro atoms. The summed E-state index contributed by atoms with van der Waals surface area (Å²) in [5.74, 6) is 3.32. The van der Waals surface area contributed by atoms with Crippen LogP contribution in [0.4, 0.5) is 11.4 Å². The molecule has 0 saturated heterocycles. The summed E-state index contributed by atoms with van der Waals surface area (Å²) in [5, 5.41) is 5.67. The van der Waals surface area contributed by atoms with E-state index >= 15 is 0 Å². The van der Waals surface area contributed by atoms with Gasteiger partial charge in [-0.05, 0) is 41.3 Å². The highest BCUT2D eigenvalue weighted by molar-refractivity contribution is 6.05. The maximum absolute atomic E-state index is 6.72. The zero-order valence-electron chi connectivity index (χ0n) is 22.5. The van der Waals surface area contributed by atoms with Crippen molar-refractivity contribution in [1.82, 2.24) is 15.0 Å². The lowest BCUT2D eigenvalue weighted by atomic mass is 9.95. The van der Waals surface area contributed by atoms with Crippen molar-refractivity contribution in [3.63, 3.8) is 0 Å². The van der Waals surface area contributed by atoms with Gasteiger partial charge >= 0.3 is 0 Å². The SMILES string of the molecule is c1ccc(-c2nc(-c3ccccc3)nc(-c3cc4c5c(cccc5c3)-c3ccccc3Nc3ccccc3O4)n2)cc1. The minimum atomic E-state index is 0.585. The van der Waals surface area contributed by atoms with E-state index in [9.17, 15) is 0 Å². The van der Waals surface area contributed by atoms with E-state index in [0.29, 0.717) is 17.5 Å². The van der Waals surface area contributed by atoms with Crippen LogP contribution < -0.4 is 10.1 Å². The second kappa shape index (κ2) is 9.98. The van der Waals surface area contributed by atoms with Crippen molar-refractivity contribution in [2.75, 3.05) is 5.32 Å². The van der Waals surface area contributed by atoms with Crippen LogP contribution >= 0.6 is 0 Å². The highest BCUT2D eigenvalue weighted by atomic mass is 16.5. The van der Waals surface area contributed by atoms with Gasteiger partial charge in [0.05, 0.1) is 5.69 Å². The first-order valence-electron chi connectivity index (χ1n) is 13.9. The number of fused-ring (bicyclic) bond motifs is 3. The summed E-state index contributed by atoms with van der Waals surface area (Å²) in [7, 11) is 0. The van der Waals surface area contributed by atoms with Crippen molar-refractivity contribution in [2.45, 2.75) is 0 Å². The minimum Gasteiger partial charge on any atom is -0.454 e. The van der Waals surface area contributed by atoms with Crippen LogP contribution in [0.3, 0.4) is 0 Å². The zero-order chi connectivity index (χ0) is 27.9. The molecule has 0 amide bonds. The Morgan fingerprint density at radius 3 is 1.71 bits per heavy atom. The topological polar surface area (TPSA) is 59.9 Å². The van der Waals surface area contributed by atoms with Gasteiger partial charge in [0.1, 0.15) is 5.75 Å². The zero-order valence-corrected chi connectivity index (χ0v) is 22.5. The fourth-order valence-corrected chi connectivity index (χ4v) is 5.51. The summed E-state index contributed by atoms with van der Waals surface area (Å²) in [5.41, 5.74) is 6.83. The van der Waals surface area contributed by atoms with E-state index in [1.165, 1.54) is 0 Å². The molecule has 5 heteroatoms. The van der Waals surface area contributed by atoms with Crippen molar-refractivity contribution in [3.05, 3.63) is 140 Å². The third-order valence-electron chi connectivity index (χ3n) is 7.49. The molecule has 0 atom stereocenters. The summed E-state index contributed by atoms with van der Waals surface area (Å²) < 4.78 is 6.72. The van der Waals surface area contributed by atoms with E-state index in [0.717, 1.165) is 61.5 Å². The number of hydrogen-bond acceptors (Lipinski definition) is 5. The number of anilines is 2. The van der Waals surface area contributed by atoms with Crippen molar-refractivity contribution in [3.8, 4) is 56.8 Å². The predicted molar refractivity (Wildman–Crippen MR) is 169 cm³/mol. The number of nitrogens with one attached hydrogen (secondary N) is 1. The Labute approximate surface area is 243 Å². The Balaban J connectivity index is 1.39. The molecule has 1 aliphatic rings. The lowest BCUT2D eigenvalue weighted by Gasteiger charge is -2.15. The van der Waals surface area contributed by atoms with E-state index < -0.39 is 0 Å². The molecule has 198 valence electrons.